The molecule has 0 aliphatic heterocycles. The van der Waals surface area contributed by atoms with Gasteiger partial charge in [-0.2, -0.15) is 5.10 Å². The Labute approximate surface area is 126 Å². The van der Waals surface area contributed by atoms with E-state index in [0.717, 1.165) is 19.3 Å². The zero-order chi connectivity index (χ0) is 15.4. The zero-order valence-electron chi connectivity index (χ0n) is 13.4. The van der Waals surface area contributed by atoms with Gasteiger partial charge in [0, 0.05) is 37.5 Å². The fraction of sp³-hybridized carbons (Fsp3) is 0.733. The number of fused-ring (bicyclic) bond motifs is 1. The molecule has 1 heterocycles. The number of methoxy groups -OCH3 is 1. The summed E-state index contributed by atoms with van der Waals surface area (Å²) in [5, 5.41) is 7.31. The highest BCUT2D eigenvalue weighted by Gasteiger charge is 2.27. The molecule has 0 saturated heterocycles. The molecule has 0 radical (unpaired) electrons. The van der Waals surface area contributed by atoms with Crippen molar-refractivity contribution in [3.05, 3.63) is 17.5 Å². The Morgan fingerprint density at radius 1 is 1.67 bits per heavy atom. The van der Waals surface area contributed by atoms with Gasteiger partial charge in [-0.05, 0) is 33.2 Å². The van der Waals surface area contributed by atoms with Crippen molar-refractivity contribution < 1.29 is 9.53 Å². The summed E-state index contributed by atoms with van der Waals surface area (Å²) in [6.07, 6.45) is 5.24. The van der Waals surface area contributed by atoms with E-state index in [1.807, 2.05) is 31.9 Å². The molecule has 0 fully saturated rings. The SMILES string of the molecule is COC[C@H](C)NC(=O)CN(C)[C@@H]1CCCc2c1cnn2C. The number of aromatic nitrogens is 2. The summed E-state index contributed by atoms with van der Waals surface area (Å²) in [6, 6.07) is 0.321. The van der Waals surface area contributed by atoms with Gasteiger partial charge in [0.25, 0.3) is 0 Å². The first kappa shape index (κ1) is 16.0. The number of hydrogen-bond acceptors (Lipinski definition) is 4. The average Bonchev–Trinajstić information content (AvgIpc) is 2.80. The molecule has 0 unspecified atom stereocenters. The van der Waals surface area contributed by atoms with E-state index in [0.29, 0.717) is 13.2 Å². The molecule has 1 aromatic heterocycles. The lowest BCUT2D eigenvalue weighted by atomic mass is 9.92. The second kappa shape index (κ2) is 7.04. The number of amides is 1. The summed E-state index contributed by atoms with van der Waals surface area (Å²) in [5.74, 6) is 0.0399. The Kier molecular flexibility index (Phi) is 5.36. The second-order valence-corrected chi connectivity index (χ2v) is 5.92. The number of aryl methyl sites for hydroxylation is 1. The van der Waals surface area contributed by atoms with Crippen molar-refractivity contribution in [2.24, 2.45) is 7.05 Å². The van der Waals surface area contributed by atoms with E-state index >= 15 is 0 Å². The van der Waals surface area contributed by atoms with Gasteiger partial charge in [-0.15, -0.1) is 0 Å². The van der Waals surface area contributed by atoms with E-state index in [-0.39, 0.29) is 18.0 Å². The number of nitrogens with one attached hydrogen (secondary N) is 1. The van der Waals surface area contributed by atoms with Crippen molar-refractivity contribution in [3.8, 4) is 0 Å². The minimum atomic E-state index is 0.0382. The number of hydrogen-bond donors (Lipinski definition) is 1. The van der Waals surface area contributed by atoms with Crippen LogP contribution in [0.4, 0.5) is 0 Å². The second-order valence-electron chi connectivity index (χ2n) is 5.92. The molecule has 0 spiro atoms. The van der Waals surface area contributed by atoms with Crippen LogP contribution in [0.15, 0.2) is 6.20 Å². The largest absolute Gasteiger partial charge is 0.383 e. The van der Waals surface area contributed by atoms with Crippen molar-refractivity contribution >= 4 is 5.91 Å². The van der Waals surface area contributed by atoms with Crippen LogP contribution in [0.1, 0.15) is 37.1 Å². The zero-order valence-corrected chi connectivity index (χ0v) is 13.4. The molecule has 21 heavy (non-hydrogen) atoms. The lowest BCUT2D eigenvalue weighted by Crippen LogP contribution is -2.42. The Morgan fingerprint density at radius 3 is 3.14 bits per heavy atom. The van der Waals surface area contributed by atoms with Crippen LogP contribution in [-0.4, -0.2) is 53.9 Å². The molecule has 1 aliphatic rings. The maximum atomic E-state index is 12.1. The molecule has 0 bridgehead atoms. The van der Waals surface area contributed by atoms with Gasteiger partial charge in [-0.1, -0.05) is 0 Å². The molecule has 1 aromatic rings. The van der Waals surface area contributed by atoms with Gasteiger partial charge in [0.15, 0.2) is 0 Å². The van der Waals surface area contributed by atoms with Crippen molar-refractivity contribution in [3.63, 3.8) is 0 Å². The van der Waals surface area contributed by atoms with Gasteiger partial charge in [0.2, 0.25) is 5.91 Å². The first-order valence-corrected chi connectivity index (χ1v) is 7.52. The van der Waals surface area contributed by atoms with Gasteiger partial charge >= 0.3 is 0 Å². The molecule has 1 aliphatic carbocycles. The highest BCUT2D eigenvalue weighted by atomic mass is 16.5. The first-order chi connectivity index (χ1) is 10.0. The van der Waals surface area contributed by atoms with Crippen molar-refractivity contribution in [1.29, 1.82) is 0 Å². The predicted molar refractivity (Wildman–Crippen MR) is 81.0 cm³/mol. The van der Waals surface area contributed by atoms with Gasteiger partial charge in [0.05, 0.1) is 19.3 Å². The average molecular weight is 294 g/mol. The highest BCUT2D eigenvalue weighted by Crippen LogP contribution is 2.32. The van der Waals surface area contributed by atoms with Crippen molar-refractivity contribution in [1.82, 2.24) is 20.0 Å². The van der Waals surface area contributed by atoms with E-state index in [1.165, 1.54) is 11.3 Å². The van der Waals surface area contributed by atoms with Gasteiger partial charge in [0.1, 0.15) is 0 Å². The Balaban J connectivity index is 1.95. The van der Waals surface area contributed by atoms with Crippen LogP contribution < -0.4 is 5.32 Å². The Hall–Kier alpha value is -1.40. The van der Waals surface area contributed by atoms with E-state index < -0.39 is 0 Å². The summed E-state index contributed by atoms with van der Waals surface area (Å²) in [6.45, 7) is 2.87. The van der Waals surface area contributed by atoms with Crippen molar-refractivity contribution in [2.45, 2.75) is 38.3 Å². The minimum absolute atomic E-state index is 0.0382. The predicted octanol–water partition coefficient (Wildman–Crippen LogP) is 0.880. The molecule has 118 valence electrons. The third-order valence-electron chi connectivity index (χ3n) is 4.09. The van der Waals surface area contributed by atoms with Crippen LogP contribution in [0.5, 0.6) is 0 Å². The third kappa shape index (κ3) is 3.83. The standard InChI is InChI=1S/C15H26N4O2/c1-11(10-21-4)17-15(20)9-18(2)13-6-5-7-14-12(13)8-16-19(14)3/h8,11,13H,5-7,9-10H2,1-4H3,(H,17,20)/t11-,13+/m0/s1. The number of nitrogens with zero attached hydrogens (tertiary/aromatic N) is 3. The number of carbonyl (C=O) groups is 1. The molecule has 1 N–H and O–H groups in total. The van der Waals surface area contributed by atoms with E-state index in [9.17, 15) is 4.79 Å². The van der Waals surface area contributed by atoms with E-state index in [2.05, 4.69) is 15.3 Å². The van der Waals surface area contributed by atoms with Gasteiger partial charge in [-0.3, -0.25) is 14.4 Å². The normalized spacial score (nSPS) is 19.4. The smallest absolute Gasteiger partial charge is 0.234 e. The van der Waals surface area contributed by atoms with Crippen LogP contribution in [0, 0.1) is 0 Å². The molecule has 2 atom stereocenters. The number of likely N-dealkylation sites (N-methyl/N-ethyl adjacent to an activating group) is 1. The summed E-state index contributed by atoms with van der Waals surface area (Å²) in [4.78, 5) is 14.2. The molecule has 6 heteroatoms. The van der Waals surface area contributed by atoms with E-state index in [4.69, 9.17) is 4.74 Å². The van der Waals surface area contributed by atoms with Gasteiger partial charge in [-0.25, -0.2) is 0 Å². The van der Waals surface area contributed by atoms with Crippen LogP contribution in [-0.2, 0) is 23.0 Å². The van der Waals surface area contributed by atoms with Crippen LogP contribution >= 0.6 is 0 Å². The van der Waals surface area contributed by atoms with Gasteiger partial charge < -0.3 is 10.1 Å². The van der Waals surface area contributed by atoms with Crippen LogP contribution in [0.25, 0.3) is 0 Å². The Morgan fingerprint density at radius 2 is 2.43 bits per heavy atom. The lowest BCUT2D eigenvalue weighted by Gasteiger charge is -2.31. The van der Waals surface area contributed by atoms with Crippen molar-refractivity contribution in [2.75, 3.05) is 27.3 Å². The minimum Gasteiger partial charge on any atom is -0.383 e. The molecule has 1 amide bonds. The molecule has 0 aromatic carbocycles. The lowest BCUT2D eigenvalue weighted by molar-refractivity contribution is -0.123. The fourth-order valence-corrected chi connectivity index (χ4v) is 3.09. The topological polar surface area (TPSA) is 59.4 Å². The monoisotopic (exact) mass is 294 g/mol. The number of ether oxygens (including phenoxy) is 1. The number of carbonyl (C=O) groups excluding carboxylic acids is 1. The summed E-state index contributed by atoms with van der Waals surface area (Å²) < 4.78 is 6.99. The fourth-order valence-electron chi connectivity index (χ4n) is 3.09. The summed E-state index contributed by atoms with van der Waals surface area (Å²) in [7, 11) is 5.63. The first-order valence-electron chi connectivity index (χ1n) is 7.52. The van der Waals surface area contributed by atoms with Crippen LogP contribution in [0.3, 0.4) is 0 Å². The summed E-state index contributed by atoms with van der Waals surface area (Å²) >= 11 is 0. The van der Waals surface area contributed by atoms with E-state index in [1.54, 1.807) is 7.11 Å². The molecule has 2 rings (SSSR count). The molecule has 6 nitrogen and oxygen atoms in total. The Bertz CT molecular complexity index is 486. The molecule has 0 saturated carbocycles. The molecular formula is C15H26N4O2. The maximum Gasteiger partial charge on any atom is 0.234 e. The summed E-state index contributed by atoms with van der Waals surface area (Å²) in [5.41, 5.74) is 2.57. The highest BCUT2D eigenvalue weighted by molar-refractivity contribution is 5.78. The maximum absolute atomic E-state index is 12.1. The van der Waals surface area contributed by atoms with Crippen LogP contribution in [0.2, 0.25) is 0 Å². The quantitative estimate of drug-likeness (QED) is 0.846. The third-order valence-corrected chi connectivity index (χ3v) is 4.09. The molecular weight excluding hydrogens is 268 g/mol. The number of rotatable bonds is 6.